The van der Waals surface area contributed by atoms with Gasteiger partial charge in [-0.1, -0.05) is 12.2 Å². The van der Waals surface area contributed by atoms with E-state index in [4.69, 9.17) is 17.0 Å². The minimum absolute atomic E-state index is 0.0219. The van der Waals surface area contributed by atoms with Crippen molar-refractivity contribution >= 4 is 40.6 Å². The summed E-state index contributed by atoms with van der Waals surface area (Å²) < 4.78 is 18.3. The zero-order chi connectivity index (χ0) is 14.0. The molecule has 1 aromatic rings. The molecule has 1 aromatic carbocycles. The molecule has 1 aliphatic heterocycles. The van der Waals surface area contributed by atoms with Crippen molar-refractivity contribution in [3.63, 3.8) is 0 Å². The Balaban J connectivity index is 2.33. The molecule has 0 aromatic heterocycles. The number of hydrogen-bond acceptors (Lipinski definition) is 4. The molecule has 0 radical (unpaired) electrons. The van der Waals surface area contributed by atoms with Crippen LogP contribution < -0.4 is 4.90 Å². The number of nitrogens with zero attached hydrogens (tertiary/aromatic N) is 1. The number of carbonyl (C=O) groups excluding carboxylic acids is 1. The van der Waals surface area contributed by atoms with E-state index in [0.29, 0.717) is 17.3 Å². The number of carbonyl (C=O) groups is 1. The molecule has 6 heteroatoms. The van der Waals surface area contributed by atoms with E-state index in [1.54, 1.807) is 29.7 Å². The van der Waals surface area contributed by atoms with Gasteiger partial charge in [0.2, 0.25) is 0 Å². The van der Waals surface area contributed by atoms with Crippen molar-refractivity contribution in [1.82, 2.24) is 0 Å². The number of thioether (sulfide) groups is 1. The molecule has 3 nitrogen and oxygen atoms in total. The van der Waals surface area contributed by atoms with E-state index in [1.807, 2.05) is 6.92 Å². The van der Waals surface area contributed by atoms with Crippen LogP contribution in [0, 0.1) is 5.82 Å². The van der Waals surface area contributed by atoms with Crippen LogP contribution in [0.4, 0.5) is 10.1 Å². The molecule has 1 heterocycles. The van der Waals surface area contributed by atoms with E-state index in [-0.39, 0.29) is 23.6 Å². The number of fused-ring (bicyclic) bond motifs is 1. The topological polar surface area (TPSA) is 29.5 Å². The maximum atomic E-state index is 13.4. The summed E-state index contributed by atoms with van der Waals surface area (Å²) in [4.78, 5) is 14.8. The van der Waals surface area contributed by atoms with Crippen LogP contribution in [0.5, 0.6) is 0 Å². The van der Waals surface area contributed by atoms with Crippen molar-refractivity contribution in [2.75, 3.05) is 18.1 Å². The van der Waals surface area contributed by atoms with Gasteiger partial charge in [0, 0.05) is 4.90 Å². The molecule has 0 saturated carbocycles. The third-order valence-electron chi connectivity index (χ3n) is 2.72. The van der Waals surface area contributed by atoms with E-state index in [0.717, 1.165) is 4.90 Å². The lowest BCUT2D eigenvalue weighted by atomic mass is 10.2. The molecule has 1 atom stereocenters. The summed E-state index contributed by atoms with van der Waals surface area (Å²) >= 11 is 6.92. The van der Waals surface area contributed by atoms with Gasteiger partial charge < -0.3 is 9.64 Å². The summed E-state index contributed by atoms with van der Waals surface area (Å²) in [6.45, 7) is 4.06. The van der Waals surface area contributed by atoms with Crippen LogP contribution in [0.1, 0.15) is 13.8 Å². The van der Waals surface area contributed by atoms with Gasteiger partial charge in [-0.2, -0.15) is 0 Å². The molecule has 102 valence electrons. The van der Waals surface area contributed by atoms with Crippen molar-refractivity contribution < 1.29 is 13.9 Å². The Labute approximate surface area is 121 Å². The molecule has 0 aliphatic carbocycles. The first-order valence-electron chi connectivity index (χ1n) is 5.96. The SMILES string of the molecule is CCOC(=O)CN1C(=S)C(C)Sc2ccc(F)cc21. The van der Waals surface area contributed by atoms with Gasteiger partial charge in [-0.15, -0.1) is 11.8 Å². The summed E-state index contributed by atoms with van der Waals surface area (Å²) in [6, 6.07) is 4.53. The van der Waals surface area contributed by atoms with Gasteiger partial charge in [0.05, 0.1) is 22.5 Å². The third-order valence-corrected chi connectivity index (χ3v) is 4.62. The number of rotatable bonds is 3. The fourth-order valence-corrected chi connectivity index (χ4v) is 3.23. The van der Waals surface area contributed by atoms with E-state index >= 15 is 0 Å². The minimum atomic E-state index is -0.362. The van der Waals surface area contributed by atoms with Crippen LogP contribution in [0.15, 0.2) is 23.1 Å². The Kier molecular flexibility index (Phi) is 4.42. The fourth-order valence-electron chi connectivity index (χ4n) is 1.88. The molecule has 0 spiro atoms. The number of halogens is 1. The maximum Gasteiger partial charge on any atom is 0.325 e. The van der Waals surface area contributed by atoms with Crippen LogP contribution in [0.25, 0.3) is 0 Å². The Morgan fingerprint density at radius 2 is 2.32 bits per heavy atom. The van der Waals surface area contributed by atoms with E-state index in [1.165, 1.54) is 12.1 Å². The molecule has 1 aliphatic rings. The smallest absolute Gasteiger partial charge is 0.325 e. The van der Waals surface area contributed by atoms with Gasteiger partial charge in [0.15, 0.2) is 0 Å². The predicted octanol–water partition coefficient (Wildman–Crippen LogP) is 3.02. The average Bonchev–Trinajstić information content (AvgIpc) is 2.36. The summed E-state index contributed by atoms with van der Waals surface area (Å²) in [5.41, 5.74) is 0.640. The molecular weight excluding hydrogens is 285 g/mol. The Hall–Kier alpha value is -1.14. The van der Waals surface area contributed by atoms with Crippen LogP contribution in [0.3, 0.4) is 0 Å². The van der Waals surface area contributed by atoms with Gasteiger partial charge in [0.25, 0.3) is 0 Å². The lowest BCUT2D eigenvalue weighted by Gasteiger charge is -2.34. The van der Waals surface area contributed by atoms with Crippen molar-refractivity contribution in [1.29, 1.82) is 0 Å². The zero-order valence-corrected chi connectivity index (χ0v) is 12.3. The lowest BCUT2D eigenvalue weighted by molar-refractivity contribution is -0.141. The average molecular weight is 299 g/mol. The molecule has 2 rings (SSSR count). The Morgan fingerprint density at radius 1 is 1.58 bits per heavy atom. The number of hydrogen-bond donors (Lipinski definition) is 0. The van der Waals surface area contributed by atoms with Crippen LogP contribution in [-0.2, 0) is 9.53 Å². The normalized spacial score (nSPS) is 18.2. The van der Waals surface area contributed by atoms with Crippen molar-refractivity contribution in [3.05, 3.63) is 24.0 Å². The van der Waals surface area contributed by atoms with Crippen LogP contribution in [0.2, 0.25) is 0 Å². The van der Waals surface area contributed by atoms with Gasteiger partial charge >= 0.3 is 5.97 Å². The molecule has 0 fully saturated rings. The number of anilines is 1. The number of benzene rings is 1. The summed E-state index contributed by atoms with van der Waals surface area (Å²) in [5, 5.41) is 0.0717. The van der Waals surface area contributed by atoms with E-state index in [2.05, 4.69) is 0 Å². The highest BCUT2D eigenvalue weighted by Crippen LogP contribution is 2.39. The van der Waals surface area contributed by atoms with E-state index < -0.39 is 0 Å². The van der Waals surface area contributed by atoms with Crippen molar-refractivity contribution in [3.8, 4) is 0 Å². The number of esters is 1. The lowest BCUT2D eigenvalue weighted by Crippen LogP contribution is -2.42. The highest BCUT2D eigenvalue weighted by molar-refractivity contribution is 8.02. The molecule has 0 bridgehead atoms. The monoisotopic (exact) mass is 299 g/mol. The van der Waals surface area contributed by atoms with Gasteiger partial charge in [-0.25, -0.2) is 4.39 Å². The first-order valence-corrected chi connectivity index (χ1v) is 7.25. The van der Waals surface area contributed by atoms with Gasteiger partial charge in [-0.05, 0) is 32.0 Å². The first-order chi connectivity index (χ1) is 9.02. The first kappa shape index (κ1) is 14.3. The largest absolute Gasteiger partial charge is 0.465 e. The second kappa shape index (κ2) is 5.88. The van der Waals surface area contributed by atoms with Gasteiger partial charge in [0.1, 0.15) is 12.4 Å². The molecular formula is C13H14FNO2S2. The van der Waals surface area contributed by atoms with E-state index in [9.17, 15) is 9.18 Å². The fraction of sp³-hybridized carbons (Fsp3) is 0.385. The zero-order valence-electron chi connectivity index (χ0n) is 10.7. The molecule has 1 unspecified atom stereocenters. The maximum absolute atomic E-state index is 13.4. The highest BCUT2D eigenvalue weighted by Gasteiger charge is 2.29. The quantitative estimate of drug-likeness (QED) is 0.632. The van der Waals surface area contributed by atoms with Crippen LogP contribution >= 0.6 is 24.0 Å². The molecule has 0 amide bonds. The molecule has 19 heavy (non-hydrogen) atoms. The second-order valence-corrected chi connectivity index (χ2v) is 5.90. The summed E-state index contributed by atoms with van der Waals surface area (Å²) in [7, 11) is 0. The predicted molar refractivity (Wildman–Crippen MR) is 78.3 cm³/mol. The second-order valence-electron chi connectivity index (χ2n) is 4.10. The number of thiocarbonyl (C=S) groups is 1. The molecule has 0 N–H and O–H groups in total. The van der Waals surface area contributed by atoms with Crippen molar-refractivity contribution in [2.24, 2.45) is 0 Å². The highest BCUT2D eigenvalue weighted by atomic mass is 32.2. The Morgan fingerprint density at radius 3 is 3.00 bits per heavy atom. The van der Waals surface area contributed by atoms with Crippen LogP contribution in [-0.4, -0.2) is 29.4 Å². The molecule has 0 saturated heterocycles. The number of ether oxygens (including phenoxy) is 1. The Bertz CT molecular complexity index is 521. The summed E-state index contributed by atoms with van der Waals surface area (Å²) in [5.74, 6) is -0.704. The summed E-state index contributed by atoms with van der Waals surface area (Å²) in [6.07, 6.45) is 0. The minimum Gasteiger partial charge on any atom is -0.465 e. The standard InChI is InChI=1S/C13H14FNO2S2/c1-3-17-12(16)7-15-10-6-9(14)4-5-11(10)19-8(2)13(15)18/h4-6,8H,3,7H2,1-2H3. The third kappa shape index (κ3) is 3.06. The van der Waals surface area contributed by atoms with Gasteiger partial charge in [-0.3, -0.25) is 4.79 Å². The van der Waals surface area contributed by atoms with Crippen molar-refractivity contribution in [2.45, 2.75) is 24.0 Å².